The smallest absolute Gasteiger partial charge is 0.490 e. The molecule has 1 saturated carbocycles. The Labute approximate surface area is 227 Å². The highest BCUT2D eigenvalue weighted by molar-refractivity contribution is 7.92. The third-order valence-electron chi connectivity index (χ3n) is 6.78. The normalized spacial score (nSPS) is 23.9. The van der Waals surface area contributed by atoms with Gasteiger partial charge in [-0.2, -0.15) is 13.2 Å². The Morgan fingerprint density at radius 1 is 1.05 bits per heavy atom. The number of amides is 2. The summed E-state index contributed by atoms with van der Waals surface area (Å²) in [7, 11) is -3.85. The number of likely N-dealkylation sites (tertiary alicyclic amines) is 1. The molecule has 212 valence electrons. The van der Waals surface area contributed by atoms with Gasteiger partial charge >= 0.3 is 18.2 Å². The number of carboxylic acid groups (broad SMARTS) is 1. The lowest BCUT2D eigenvalue weighted by molar-refractivity contribution is -0.192. The lowest BCUT2D eigenvalue weighted by Crippen LogP contribution is -2.47. The Bertz CT molecular complexity index is 1180. The molecule has 0 radical (unpaired) electrons. The van der Waals surface area contributed by atoms with Crippen molar-refractivity contribution < 1.29 is 41.4 Å². The maximum atomic E-state index is 13.3. The van der Waals surface area contributed by atoms with Crippen LogP contribution in [-0.2, 0) is 14.6 Å². The molecule has 15 heteroatoms. The maximum absolute atomic E-state index is 13.3. The van der Waals surface area contributed by atoms with Crippen LogP contribution in [0.4, 0.5) is 23.7 Å². The highest BCUT2D eigenvalue weighted by Gasteiger charge is 2.39. The number of hydrogen-bond donors (Lipinski definition) is 4. The number of nitrogens with zero attached hydrogens (tertiary/aromatic N) is 1. The summed E-state index contributed by atoms with van der Waals surface area (Å²) in [5, 5.41) is 23.0. The zero-order chi connectivity index (χ0) is 28.3. The molecule has 1 atom stereocenters. The fourth-order valence-electron chi connectivity index (χ4n) is 4.64. The number of aliphatic carboxylic acids is 1. The molecule has 2 aliphatic carbocycles. The second-order valence-corrected chi connectivity index (χ2v) is 12.3. The molecule has 1 aromatic carbocycles. The van der Waals surface area contributed by atoms with Crippen LogP contribution in [0.1, 0.15) is 44.9 Å². The molecule has 2 fully saturated rings. The lowest BCUT2D eigenvalue weighted by Gasteiger charge is -2.41. The summed E-state index contributed by atoms with van der Waals surface area (Å²) >= 11 is 12.3. The average Bonchev–Trinajstić information content (AvgIpc) is 3.19. The van der Waals surface area contributed by atoms with E-state index in [1.54, 1.807) is 0 Å². The summed E-state index contributed by atoms with van der Waals surface area (Å²) < 4.78 is 58.4. The fourth-order valence-corrected chi connectivity index (χ4v) is 7.33. The van der Waals surface area contributed by atoms with Gasteiger partial charge < -0.3 is 25.7 Å². The summed E-state index contributed by atoms with van der Waals surface area (Å²) in [5.74, 6) is -3.28. The molecule has 3 aliphatic rings. The van der Waals surface area contributed by atoms with E-state index < -0.39 is 39.0 Å². The number of carbonyl (C=O) groups excluding carboxylic acids is 1. The Kier molecular flexibility index (Phi) is 9.82. The van der Waals surface area contributed by atoms with Gasteiger partial charge in [-0.15, -0.1) is 0 Å². The average molecular weight is 602 g/mol. The van der Waals surface area contributed by atoms with Gasteiger partial charge in [0.1, 0.15) is 4.90 Å². The molecule has 38 heavy (non-hydrogen) atoms. The van der Waals surface area contributed by atoms with E-state index in [0.717, 1.165) is 32.4 Å². The van der Waals surface area contributed by atoms with Gasteiger partial charge in [0.15, 0.2) is 15.6 Å². The number of phenols is 1. The molecule has 0 bridgehead atoms. The van der Waals surface area contributed by atoms with Crippen molar-refractivity contribution in [3.05, 3.63) is 28.3 Å². The van der Waals surface area contributed by atoms with Gasteiger partial charge in [0.25, 0.3) is 0 Å². The van der Waals surface area contributed by atoms with Crippen LogP contribution in [-0.4, -0.2) is 72.1 Å². The number of urea groups is 1. The highest BCUT2D eigenvalue weighted by Crippen LogP contribution is 2.42. The topological polar surface area (TPSA) is 136 Å². The largest absolute Gasteiger partial charge is 0.504 e. The summed E-state index contributed by atoms with van der Waals surface area (Å²) in [4.78, 5) is 23.3. The monoisotopic (exact) mass is 601 g/mol. The van der Waals surface area contributed by atoms with Crippen molar-refractivity contribution in [3.8, 4) is 5.75 Å². The van der Waals surface area contributed by atoms with E-state index >= 15 is 0 Å². The van der Waals surface area contributed by atoms with Crippen molar-refractivity contribution in [2.45, 2.75) is 73.4 Å². The number of carboxylic acids is 1. The predicted octanol–water partition coefficient (Wildman–Crippen LogP) is 4.88. The summed E-state index contributed by atoms with van der Waals surface area (Å²) in [5.41, 5.74) is -0.00663. The van der Waals surface area contributed by atoms with E-state index in [1.165, 1.54) is 18.6 Å². The molecule has 1 unspecified atom stereocenters. The molecule has 4 rings (SSSR count). The molecule has 1 aliphatic heterocycles. The Hall–Kier alpha value is -2.22. The molecule has 1 aromatic rings. The number of sulfone groups is 1. The minimum Gasteiger partial charge on any atom is -0.504 e. The van der Waals surface area contributed by atoms with Crippen molar-refractivity contribution in [1.82, 2.24) is 10.2 Å². The van der Waals surface area contributed by atoms with E-state index in [-0.39, 0.29) is 21.6 Å². The number of phenolic OH excluding ortho intramolecular Hbond substituents is 1. The van der Waals surface area contributed by atoms with Crippen LogP contribution in [0.25, 0.3) is 0 Å². The molecule has 1 saturated heterocycles. The molecule has 9 nitrogen and oxygen atoms in total. The highest BCUT2D eigenvalue weighted by atomic mass is 35.5. The van der Waals surface area contributed by atoms with Gasteiger partial charge in [-0.25, -0.2) is 18.0 Å². The van der Waals surface area contributed by atoms with E-state index in [2.05, 4.69) is 15.5 Å². The Morgan fingerprint density at radius 3 is 2.13 bits per heavy atom. The number of benzene rings is 1. The van der Waals surface area contributed by atoms with Crippen LogP contribution >= 0.6 is 23.2 Å². The SMILES string of the molecule is O=C(Nc1ccc(Cl)c(S(=O)(=O)C2CCC(N3CCC3)CC2)c1O)NC1CCC=C1Cl.O=C(O)C(F)(F)F. The van der Waals surface area contributed by atoms with Crippen molar-refractivity contribution in [2.24, 2.45) is 0 Å². The first-order valence-electron chi connectivity index (χ1n) is 11.9. The predicted molar refractivity (Wildman–Crippen MR) is 135 cm³/mol. The van der Waals surface area contributed by atoms with Gasteiger partial charge in [-0.3, -0.25) is 0 Å². The van der Waals surface area contributed by atoms with Crippen molar-refractivity contribution in [3.63, 3.8) is 0 Å². The summed E-state index contributed by atoms with van der Waals surface area (Å²) in [6.07, 6.45) is 2.13. The number of hydrogen-bond acceptors (Lipinski definition) is 6. The molecule has 1 heterocycles. The number of alkyl halides is 3. The molecule has 4 N–H and O–H groups in total. The van der Waals surface area contributed by atoms with Crippen molar-refractivity contribution in [2.75, 3.05) is 18.4 Å². The summed E-state index contributed by atoms with van der Waals surface area (Å²) in [6, 6.07) is 2.36. The lowest BCUT2D eigenvalue weighted by atomic mass is 9.92. The second-order valence-electron chi connectivity index (χ2n) is 9.26. The molecule has 0 aromatic heterocycles. The molecule has 2 amide bonds. The maximum Gasteiger partial charge on any atom is 0.490 e. The van der Waals surface area contributed by atoms with Gasteiger partial charge in [0.05, 0.1) is 22.0 Å². The molecule has 0 spiro atoms. The van der Waals surface area contributed by atoms with E-state index in [9.17, 15) is 31.5 Å². The number of aromatic hydroxyl groups is 1. The first kappa shape index (κ1) is 30.3. The minimum absolute atomic E-state index is 0.00663. The Balaban J connectivity index is 0.000000505. The van der Waals surface area contributed by atoms with Crippen LogP contribution in [0, 0.1) is 0 Å². The second kappa shape index (κ2) is 12.3. The Morgan fingerprint density at radius 2 is 1.66 bits per heavy atom. The number of rotatable bonds is 5. The van der Waals surface area contributed by atoms with E-state index in [4.69, 9.17) is 33.1 Å². The van der Waals surface area contributed by atoms with Crippen LogP contribution in [0.3, 0.4) is 0 Å². The summed E-state index contributed by atoms with van der Waals surface area (Å²) in [6.45, 7) is 2.18. The van der Waals surface area contributed by atoms with Crippen LogP contribution in [0.15, 0.2) is 28.1 Å². The number of carbonyl (C=O) groups is 2. The van der Waals surface area contributed by atoms with Crippen LogP contribution < -0.4 is 10.6 Å². The molecular weight excluding hydrogens is 574 g/mol. The van der Waals surface area contributed by atoms with Crippen molar-refractivity contribution >= 4 is 50.7 Å². The van der Waals surface area contributed by atoms with Crippen LogP contribution in [0.5, 0.6) is 5.75 Å². The third kappa shape index (κ3) is 7.25. The first-order valence-corrected chi connectivity index (χ1v) is 14.2. The van der Waals surface area contributed by atoms with Gasteiger partial charge in [0, 0.05) is 11.1 Å². The number of anilines is 1. The number of nitrogens with one attached hydrogen (secondary N) is 2. The van der Waals surface area contributed by atoms with Gasteiger partial charge in [0.2, 0.25) is 0 Å². The standard InChI is InChI=1S/C21H27Cl2N3O4S.C2HF3O2/c22-15-3-1-4-17(15)24-21(28)25-18-10-9-16(23)20(19(18)27)31(29,30)14-7-5-13(6-8-14)26-11-2-12-26;3-2(4,5)1(6)7/h3,9-10,13-14,17,27H,1-2,4-8,11-12H2,(H2,24,25,28);(H,6,7). The quantitative estimate of drug-likeness (QED) is 0.353. The zero-order valence-corrected chi connectivity index (χ0v) is 22.4. The fraction of sp³-hybridized carbons (Fsp3) is 0.565. The van der Waals surface area contributed by atoms with Gasteiger partial charge in [-0.1, -0.05) is 29.3 Å². The van der Waals surface area contributed by atoms with E-state index in [0.29, 0.717) is 30.3 Å². The first-order chi connectivity index (χ1) is 17.7. The van der Waals surface area contributed by atoms with E-state index in [1.807, 2.05) is 6.08 Å². The molecular formula is C23H28Cl2F3N3O6S. The minimum atomic E-state index is -5.08. The number of halogens is 5. The van der Waals surface area contributed by atoms with Crippen LogP contribution in [0.2, 0.25) is 5.02 Å². The van der Waals surface area contributed by atoms with Crippen molar-refractivity contribution in [1.29, 1.82) is 0 Å². The van der Waals surface area contributed by atoms with Gasteiger partial charge in [-0.05, 0) is 70.2 Å². The number of allylic oxidation sites excluding steroid dienone is 1. The zero-order valence-electron chi connectivity index (χ0n) is 20.1. The third-order valence-corrected chi connectivity index (χ3v) is 9.96.